The quantitative estimate of drug-likeness (QED) is 0.829. The van der Waals surface area contributed by atoms with Gasteiger partial charge in [-0.05, 0) is 58.4 Å². The molecule has 0 bridgehead atoms. The minimum atomic E-state index is -3.58. The third-order valence-corrected chi connectivity index (χ3v) is 5.08. The van der Waals surface area contributed by atoms with E-state index in [2.05, 4.69) is 11.6 Å². The van der Waals surface area contributed by atoms with E-state index in [1.54, 1.807) is 37.8 Å². The summed E-state index contributed by atoms with van der Waals surface area (Å²) in [5.41, 5.74) is -0.0374. The fourth-order valence-electron chi connectivity index (χ4n) is 2.17. The molecule has 1 aromatic rings. The molecule has 1 N–H and O–H groups in total. The fraction of sp³-hybridized carbons (Fsp3) is 0.588. The van der Waals surface area contributed by atoms with E-state index in [0.29, 0.717) is 12.1 Å². The predicted octanol–water partition coefficient (Wildman–Crippen LogP) is 3.03. The van der Waals surface area contributed by atoms with Crippen molar-refractivity contribution in [3.63, 3.8) is 0 Å². The van der Waals surface area contributed by atoms with Crippen LogP contribution in [0.1, 0.15) is 57.8 Å². The molecular formula is C17H28N2O3S. The van der Waals surface area contributed by atoms with Gasteiger partial charge >= 0.3 is 0 Å². The summed E-state index contributed by atoms with van der Waals surface area (Å²) < 4.78 is 27.1. The molecule has 0 saturated carbocycles. The number of hydrogen-bond donors (Lipinski definition) is 1. The highest BCUT2D eigenvalue weighted by atomic mass is 32.2. The molecule has 0 spiro atoms. The molecule has 1 aromatic carbocycles. The summed E-state index contributed by atoms with van der Waals surface area (Å²) in [5, 5.41) is 0. The van der Waals surface area contributed by atoms with Crippen molar-refractivity contribution >= 4 is 15.9 Å². The van der Waals surface area contributed by atoms with Crippen LogP contribution in [0.5, 0.6) is 0 Å². The number of nitrogens with one attached hydrogen (secondary N) is 1. The summed E-state index contributed by atoms with van der Waals surface area (Å²) in [4.78, 5) is 14.4. The molecule has 0 aliphatic carbocycles. The zero-order valence-electron chi connectivity index (χ0n) is 14.7. The van der Waals surface area contributed by atoms with E-state index in [1.165, 1.54) is 12.1 Å². The summed E-state index contributed by atoms with van der Waals surface area (Å²) in [6.45, 7) is 10.8. The van der Waals surface area contributed by atoms with Gasteiger partial charge in [0.1, 0.15) is 0 Å². The van der Waals surface area contributed by atoms with E-state index >= 15 is 0 Å². The Kier molecular flexibility index (Phi) is 6.77. The van der Waals surface area contributed by atoms with Gasteiger partial charge in [-0.25, -0.2) is 13.1 Å². The molecule has 0 aliphatic rings. The van der Waals surface area contributed by atoms with E-state index in [4.69, 9.17) is 0 Å². The molecule has 130 valence electrons. The Balaban J connectivity index is 2.93. The molecule has 5 nitrogen and oxygen atoms in total. The highest BCUT2D eigenvalue weighted by Gasteiger charge is 2.22. The lowest BCUT2D eigenvalue weighted by atomic mass is 10.1. The van der Waals surface area contributed by atoms with Gasteiger partial charge < -0.3 is 4.90 Å². The second-order valence-electron chi connectivity index (χ2n) is 6.62. The average molecular weight is 340 g/mol. The molecule has 0 fully saturated rings. The van der Waals surface area contributed by atoms with Crippen molar-refractivity contribution in [3.8, 4) is 0 Å². The van der Waals surface area contributed by atoms with Crippen LogP contribution in [0.2, 0.25) is 0 Å². The van der Waals surface area contributed by atoms with Crippen LogP contribution in [0.15, 0.2) is 29.2 Å². The number of carbonyl (C=O) groups excluding carboxylic acids is 1. The number of unbranched alkanes of at least 4 members (excludes halogenated alkanes) is 1. The molecule has 0 heterocycles. The number of carbonyl (C=O) groups is 1. The van der Waals surface area contributed by atoms with Crippen molar-refractivity contribution in [1.29, 1.82) is 0 Å². The number of nitrogens with zero attached hydrogens (tertiary/aromatic N) is 1. The number of sulfonamides is 1. The zero-order valence-corrected chi connectivity index (χ0v) is 15.5. The topological polar surface area (TPSA) is 66.5 Å². The third-order valence-electron chi connectivity index (χ3n) is 3.30. The summed E-state index contributed by atoms with van der Waals surface area (Å²) in [6.07, 6.45) is 1.99. The van der Waals surface area contributed by atoms with Crippen LogP contribution >= 0.6 is 0 Å². The van der Waals surface area contributed by atoms with E-state index < -0.39 is 15.6 Å². The first-order valence-corrected chi connectivity index (χ1v) is 9.52. The molecule has 1 rings (SSSR count). The van der Waals surface area contributed by atoms with Gasteiger partial charge in [0.05, 0.1) is 4.90 Å². The molecule has 0 aromatic heterocycles. The first-order chi connectivity index (χ1) is 10.6. The molecular weight excluding hydrogens is 312 g/mol. The Morgan fingerprint density at radius 1 is 1.13 bits per heavy atom. The van der Waals surface area contributed by atoms with Crippen molar-refractivity contribution in [2.24, 2.45) is 0 Å². The Hall–Kier alpha value is -1.40. The van der Waals surface area contributed by atoms with Crippen LogP contribution in [-0.4, -0.2) is 37.9 Å². The van der Waals surface area contributed by atoms with Crippen LogP contribution in [0.4, 0.5) is 0 Å². The van der Waals surface area contributed by atoms with Crippen LogP contribution in [0.3, 0.4) is 0 Å². The van der Waals surface area contributed by atoms with Crippen molar-refractivity contribution in [1.82, 2.24) is 9.62 Å². The Morgan fingerprint density at radius 3 is 2.13 bits per heavy atom. The van der Waals surface area contributed by atoms with Gasteiger partial charge in [-0.15, -0.1) is 0 Å². The zero-order chi connectivity index (χ0) is 17.7. The summed E-state index contributed by atoms with van der Waals surface area (Å²) >= 11 is 0. The maximum Gasteiger partial charge on any atom is 0.253 e. The Morgan fingerprint density at radius 2 is 1.70 bits per heavy atom. The largest absolute Gasteiger partial charge is 0.339 e. The van der Waals surface area contributed by atoms with Gasteiger partial charge in [-0.2, -0.15) is 0 Å². The second-order valence-corrected chi connectivity index (χ2v) is 8.30. The molecule has 6 heteroatoms. The Bertz CT molecular complexity index is 616. The monoisotopic (exact) mass is 340 g/mol. The van der Waals surface area contributed by atoms with Gasteiger partial charge in [-0.1, -0.05) is 13.3 Å². The first kappa shape index (κ1) is 19.6. The maximum atomic E-state index is 12.4. The minimum absolute atomic E-state index is 0.0614. The SMILES string of the molecule is CCCCN(CC)C(=O)c1ccc(S(=O)(=O)NC(C)(C)C)cc1. The van der Waals surface area contributed by atoms with E-state index in [9.17, 15) is 13.2 Å². The molecule has 1 amide bonds. The van der Waals surface area contributed by atoms with Gasteiger partial charge in [0.15, 0.2) is 0 Å². The molecule has 23 heavy (non-hydrogen) atoms. The minimum Gasteiger partial charge on any atom is -0.339 e. The number of rotatable bonds is 7. The maximum absolute atomic E-state index is 12.4. The fourth-order valence-corrected chi connectivity index (χ4v) is 3.59. The smallest absolute Gasteiger partial charge is 0.253 e. The highest BCUT2D eigenvalue weighted by molar-refractivity contribution is 7.89. The normalized spacial score (nSPS) is 12.2. The lowest BCUT2D eigenvalue weighted by molar-refractivity contribution is 0.0762. The standard InChI is InChI=1S/C17H28N2O3S/c1-6-8-13-19(7-2)16(20)14-9-11-15(12-10-14)23(21,22)18-17(3,4)5/h9-12,18H,6-8,13H2,1-5H3. The van der Waals surface area contributed by atoms with E-state index in [-0.39, 0.29) is 10.8 Å². The molecule has 0 saturated heterocycles. The van der Waals surface area contributed by atoms with Gasteiger partial charge in [0.25, 0.3) is 5.91 Å². The predicted molar refractivity (Wildman–Crippen MR) is 93.0 cm³/mol. The lowest BCUT2D eigenvalue weighted by Crippen LogP contribution is -2.40. The third kappa shape index (κ3) is 5.95. The van der Waals surface area contributed by atoms with E-state index in [0.717, 1.165) is 19.4 Å². The number of amides is 1. The Labute approximate surface area is 140 Å². The van der Waals surface area contributed by atoms with Crippen molar-refractivity contribution in [2.45, 2.75) is 57.9 Å². The summed E-state index contributed by atoms with van der Waals surface area (Å²) in [6, 6.07) is 6.12. The molecule has 0 aliphatic heterocycles. The van der Waals surface area contributed by atoms with Gasteiger partial charge in [0, 0.05) is 24.2 Å². The molecule has 0 atom stereocenters. The summed E-state index contributed by atoms with van der Waals surface area (Å²) in [7, 11) is -3.58. The van der Waals surface area contributed by atoms with Crippen molar-refractivity contribution in [2.75, 3.05) is 13.1 Å². The molecule has 0 radical (unpaired) electrons. The van der Waals surface area contributed by atoms with Crippen LogP contribution in [-0.2, 0) is 10.0 Å². The number of hydrogen-bond acceptors (Lipinski definition) is 3. The first-order valence-electron chi connectivity index (χ1n) is 8.04. The van der Waals surface area contributed by atoms with Crippen LogP contribution in [0.25, 0.3) is 0 Å². The van der Waals surface area contributed by atoms with Crippen LogP contribution < -0.4 is 4.72 Å². The second kappa shape index (κ2) is 7.93. The van der Waals surface area contributed by atoms with Gasteiger partial charge in [-0.3, -0.25) is 4.79 Å². The van der Waals surface area contributed by atoms with Crippen molar-refractivity contribution in [3.05, 3.63) is 29.8 Å². The van der Waals surface area contributed by atoms with Crippen molar-refractivity contribution < 1.29 is 13.2 Å². The van der Waals surface area contributed by atoms with Gasteiger partial charge in [0.2, 0.25) is 10.0 Å². The highest BCUT2D eigenvalue weighted by Crippen LogP contribution is 2.15. The van der Waals surface area contributed by atoms with E-state index in [1.807, 2.05) is 6.92 Å². The van der Waals surface area contributed by atoms with Crippen LogP contribution in [0, 0.1) is 0 Å². The average Bonchev–Trinajstić information content (AvgIpc) is 2.45. The number of benzene rings is 1. The molecule has 0 unspecified atom stereocenters. The lowest BCUT2D eigenvalue weighted by Gasteiger charge is -2.22. The summed E-state index contributed by atoms with van der Waals surface area (Å²) in [5.74, 6) is -0.0614.